The van der Waals surface area contributed by atoms with E-state index in [1.165, 1.54) is 0 Å². The van der Waals surface area contributed by atoms with Crippen molar-refractivity contribution in [2.45, 2.75) is 18.8 Å². The number of amides is 2. The van der Waals surface area contributed by atoms with E-state index in [0.29, 0.717) is 18.5 Å². The van der Waals surface area contributed by atoms with Crippen molar-refractivity contribution in [3.05, 3.63) is 42.1 Å². The molecule has 2 aliphatic rings. The number of benzene rings is 1. The summed E-state index contributed by atoms with van der Waals surface area (Å²) in [6, 6.07) is 8.51. The molecule has 2 aromatic rings. The van der Waals surface area contributed by atoms with Gasteiger partial charge in [0.25, 0.3) is 11.8 Å². The molecule has 3 heterocycles. The molecular formula is C18H17F2N3O2. The van der Waals surface area contributed by atoms with E-state index < -0.39 is 30.2 Å². The summed E-state index contributed by atoms with van der Waals surface area (Å²) in [6.07, 6.45) is 1.47. The van der Waals surface area contributed by atoms with Crippen molar-refractivity contribution in [1.82, 2.24) is 15.2 Å². The summed E-state index contributed by atoms with van der Waals surface area (Å²) < 4.78 is 28.5. The molecule has 5 nitrogen and oxygen atoms in total. The third-order valence-electron chi connectivity index (χ3n) is 5.02. The van der Waals surface area contributed by atoms with E-state index in [-0.39, 0.29) is 12.5 Å². The number of halogens is 2. The van der Waals surface area contributed by atoms with Gasteiger partial charge in [-0.3, -0.25) is 14.6 Å². The Balaban J connectivity index is 1.67. The molecule has 1 atom stereocenters. The van der Waals surface area contributed by atoms with E-state index in [1.807, 2.05) is 6.07 Å². The van der Waals surface area contributed by atoms with Crippen molar-refractivity contribution in [3.8, 4) is 0 Å². The lowest BCUT2D eigenvalue weighted by Crippen LogP contribution is -2.56. The molecule has 0 bridgehead atoms. The number of hydrogen-bond acceptors (Lipinski definition) is 3. The fourth-order valence-corrected chi connectivity index (χ4v) is 3.88. The molecule has 2 aliphatic heterocycles. The van der Waals surface area contributed by atoms with Crippen LogP contribution >= 0.6 is 0 Å². The number of nitrogens with one attached hydrogen (secondary N) is 1. The summed E-state index contributed by atoms with van der Waals surface area (Å²) in [5.74, 6) is -3.94. The Morgan fingerprint density at radius 1 is 1.24 bits per heavy atom. The number of fused-ring (bicyclic) bond motifs is 1. The number of pyridine rings is 1. The van der Waals surface area contributed by atoms with E-state index in [9.17, 15) is 18.4 Å². The number of nitrogens with zero attached hydrogens (tertiary/aromatic N) is 2. The maximum atomic E-state index is 14.3. The van der Waals surface area contributed by atoms with Gasteiger partial charge in [0.15, 0.2) is 0 Å². The predicted octanol–water partition coefficient (Wildman–Crippen LogP) is 2.22. The van der Waals surface area contributed by atoms with Crippen LogP contribution in [0.15, 0.2) is 36.5 Å². The second kappa shape index (κ2) is 5.47. The van der Waals surface area contributed by atoms with Crippen molar-refractivity contribution in [2.24, 2.45) is 5.41 Å². The predicted molar refractivity (Wildman–Crippen MR) is 87.3 cm³/mol. The molecule has 25 heavy (non-hydrogen) atoms. The Labute approximate surface area is 143 Å². The van der Waals surface area contributed by atoms with Crippen LogP contribution in [0.5, 0.6) is 0 Å². The first-order chi connectivity index (χ1) is 11.9. The number of likely N-dealkylation sites (tertiary alicyclic amines) is 1. The maximum absolute atomic E-state index is 14.3. The monoisotopic (exact) mass is 345 g/mol. The highest BCUT2D eigenvalue weighted by molar-refractivity contribution is 5.98. The van der Waals surface area contributed by atoms with Gasteiger partial charge in [-0.05, 0) is 30.7 Å². The van der Waals surface area contributed by atoms with Crippen LogP contribution in [-0.2, 0) is 4.79 Å². The van der Waals surface area contributed by atoms with Gasteiger partial charge in [-0.1, -0.05) is 6.07 Å². The lowest BCUT2D eigenvalue weighted by atomic mass is 9.77. The normalized spacial score (nSPS) is 25.4. The Kier molecular flexibility index (Phi) is 3.49. The highest BCUT2D eigenvalue weighted by Gasteiger charge is 2.55. The first kappa shape index (κ1) is 15.9. The molecule has 0 aliphatic carbocycles. The lowest BCUT2D eigenvalue weighted by Gasteiger charge is -2.42. The van der Waals surface area contributed by atoms with Crippen LogP contribution in [0.2, 0.25) is 0 Å². The molecule has 0 unspecified atom stereocenters. The summed E-state index contributed by atoms with van der Waals surface area (Å²) in [7, 11) is 0. The van der Waals surface area contributed by atoms with Gasteiger partial charge in [0.1, 0.15) is 0 Å². The van der Waals surface area contributed by atoms with Crippen molar-refractivity contribution in [3.63, 3.8) is 0 Å². The second-order valence-electron chi connectivity index (χ2n) is 6.89. The second-order valence-corrected chi connectivity index (χ2v) is 6.89. The van der Waals surface area contributed by atoms with Crippen LogP contribution in [0, 0.1) is 5.41 Å². The molecule has 2 saturated heterocycles. The highest BCUT2D eigenvalue weighted by Crippen LogP contribution is 2.43. The number of hydrogen-bond donors (Lipinski definition) is 1. The highest BCUT2D eigenvalue weighted by atomic mass is 19.3. The molecular weight excluding hydrogens is 328 g/mol. The van der Waals surface area contributed by atoms with Gasteiger partial charge in [-0.25, -0.2) is 8.78 Å². The Hall–Kier alpha value is -2.57. The van der Waals surface area contributed by atoms with Gasteiger partial charge in [0.05, 0.1) is 17.5 Å². The number of rotatable bonds is 1. The van der Waals surface area contributed by atoms with Gasteiger partial charge < -0.3 is 10.2 Å². The van der Waals surface area contributed by atoms with Gasteiger partial charge in [-0.15, -0.1) is 0 Å². The third-order valence-corrected chi connectivity index (χ3v) is 5.02. The molecule has 1 N–H and O–H groups in total. The zero-order valence-corrected chi connectivity index (χ0v) is 13.5. The van der Waals surface area contributed by atoms with Crippen LogP contribution in [0.1, 0.15) is 23.2 Å². The average molecular weight is 345 g/mol. The topological polar surface area (TPSA) is 62.3 Å². The summed E-state index contributed by atoms with van der Waals surface area (Å²) in [5.41, 5.74) is -0.128. The van der Waals surface area contributed by atoms with E-state index in [4.69, 9.17) is 0 Å². The van der Waals surface area contributed by atoms with E-state index >= 15 is 0 Å². The van der Waals surface area contributed by atoms with Crippen molar-refractivity contribution in [2.75, 3.05) is 19.6 Å². The molecule has 7 heteroatoms. The lowest BCUT2D eigenvalue weighted by molar-refractivity contribution is -0.144. The number of carbonyl (C=O) groups excluding carboxylic acids is 2. The number of alkyl halides is 2. The largest absolute Gasteiger partial charge is 0.356 e. The maximum Gasteiger partial charge on any atom is 0.266 e. The Bertz CT molecular complexity index is 870. The number of aromatic nitrogens is 1. The van der Waals surface area contributed by atoms with Crippen molar-refractivity contribution in [1.29, 1.82) is 0 Å². The molecule has 0 saturated carbocycles. The van der Waals surface area contributed by atoms with Crippen LogP contribution in [0.25, 0.3) is 10.9 Å². The Morgan fingerprint density at radius 2 is 2.08 bits per heavy atom. The van der Waals surface area contributed by atoms with Crippen LogP contribution in [0.3, 0.4) is 0 Å². The average Bonchev–Trinajstić information content (AvgIpc) is 2.91. The quantitative estimate of drug-likeness (QED) is 0.862. The summed E-state index contributed by atoms with van der Waals surface area (Å²) >= 11 is 0. The zero-order valence-electron chi connectivity index (χ0n) is 13.5. The first-order valence-electron chi connectivity index (χ1n) is 8.19. The first-order valence-corrected chi connectivity index (χ1v) is 8.19. The Morgan fingerprint density at radius 3 is 2.84 bits per heavy atom. The van der Waals surface area contributed by atoms with Gasteiger partial charge in [-0.2, -0.15) is 0 Å². The standard InChI is InChI=1S/C18H17F2N3O2/c19-18(20)9-17(5-7-22-16(17)25)10-23(11-18)15(24)13-3-4-14-12(8-13)2-1-6-21-14/h1-4,6,8H,5,7,9-11H2,(H,22,25)/t17-/m1/s1. The van der Waals surface area contributed by atoms with E-state index in [2.05, 4.69) is 10.3 Å². The zero-order chi connectivity index (χ0) is 17.7. The fraction of sp³-hybridized carbons (Fsp3) is 0.389. The SMILES string of the molecule is O=C(c1ccc2ncccc2c1)N1CC(F)(F)C[C@]2(CCNC2=O)C1. The van der Waals surface area contributed by atoms with Gasteiger partial charge in [0, 0.05) is 36.7 Å². The minimum Gasteiger partial charge on any atom is -0.356 e. The molecule has 2 fully saturated rings. The van der Waals surface area contributed by atoms with Gasteiger partial charge in [0.2, 0.25) is 5.91 Å². The number of piperidine rings is 1. The molecule has 1 spiro atoms. The molecule has 130 valence electrons. The smallest absolute Gasteiger partial charge is 0.266 e. The van der Waals surface area contributed by atoms with Crippen LogP contribution in [0.4, 0.5) is 8.78 Å². The van der Waals surface area contributed by atoms with E-state index in [1.54, 1.807) is 30.5 Å². The van der Waals surface area contributed by atoms with Crippen LogP contribution in [-0.4, -0.2) is 47.3 Å². The van der Waals surface area contributed by atoms with Gasteiger partial charge >= 0.3 is 0 Å². The van der Waals surface area contributed by atoms with Crippen molar-refractivity contribution < 1.29 is 18.4 Å². The molecule has 1 aromatic heterocycles. The van der Waals surface area contributed by atoms with Crippen molar-refractivity contribution >= 4 is 22.7 Å². The molecule has 4 rings (SSSR count). The van der Waals surface area contributed by atoms with Crippen LogP contribution < -0.4 is 5.32 Å². The summed E-state index contributed by atoms with van der Waals surface area (Å²) in [6.45, 7) is -0.261. The minimum absolute atomic E-state index is 0.0261. The molecule has 0 radical (unpaired) electrons. The molecule has 1 aromatic carbocycles. The molecule has 2 amide bonds. The third kappa shape index (κ3) is 2.73. The summed E-state index contributed by atoms with van der Waals surface area (Å²) in [4.78, 5) is 30.3. The minimum atomic E-state index is -3.08. The van der Waals surface area contributed by atoms with E-state index in [0.717, 1.165) is 15.8 Å². The fourth-order valence-electron chi connectivity index (χ4n) is 3.88. The summed E-state index contributed by atoms with van der Waals surface area (Å²) in [5, 5.41) is 3.39. The number of carbonyl (C=O) groups is 2.